The second-order valence-electron chi connectivity index (χ2n) is 4.47. The molecule has 0 aliphatic carbocycles. The van der Waals surface area contributed by atoms with Gasteiger partial charge in [-0.2, -0.15) is 0 Å². The van der Waals surface area contributed by atoms with Crippen molar-refractivity contribution in [3.63, 3.8) is 0 Å². The van der Waals surface area contributed by atoms with Gasteiger partial charge >= 0.3 is 0 Å². The van der Waals surface area contributed by atoms with Crippen LogP contribution in [0.5, 0.6) is 5.88 Å². The van der Waals surface area contributed by atoms with Crippen LogP contribution in [0.2, 0.25) is 0 Å². The number of benzene rings is 1. The molecule has 0 fully saturated rings. The molecule has 0 bridgehead atoms. The lowest BCUT2D eigenvalue weighted by atomic mass is 10.2. The van der Waals surface area contributed by atoms with Crippen molar-refractivity contribution in [1.82, 2.24) is 9.71 Å². The average Bonchev–Trinajstić information content (AvgIpc) is 2.47. The normalized spacial score (nSPS) is 11.3. The first-order chi connectivity index (χ1) is 10.1. The molecule has 0 aliphatic rings. The summed E-state index contributed by atoms with van der Waals surface area (Å²) in [6, 6.07) is 12.6. The highest BCUT2D eigenvalue weighted by atomic mass is 32.2. The van der Waals surface area contributed by atoms with Crippen LogP contribution in [-0.4, -0.2) is 20.0 Å². The summed E-state index contributed by atoms with van der Waals surface area (Å²) >= 11 is 0. The van der Waals surface area contributed by atoms with Crippen LogP contribution in [0.4, 0.5) is 0 Å². The van der Waals surface area contributed by atoms with Crippen molar-refractivity contribution in [3.8, 4) is 5.88 Å². The maximum atomic E-state index is 12.1. The molecule has 1 heterocycles. The maximum Gasteiger partial charge on any atom is 0.217 e. The number of hydrogen-bond acceptors (Lipinski definition) is 4. The summed E-state index contributed by atoms with van der Waals surface area (Å²) in [6.07, 6.45) is 1.62. The molecule has 5 nitrogen and oxygen atoms in total. The number of pyridine rings is 1. The Balaban J connectivity index is 2.02. The highest BCUT2D eigenvalue weighted by Crippen LogP contribution is 2.14. The van der Waals surface area contributed by atoms with Crippen LogP contribution in [-0.2, 0) is 22.3 Å². The monoisotopic (exact) mass is 306 g/mol. The Hall–Kier alpha value is -1.92. The van der Waals surface area contributed by atoms with Gasteiger partial charge < -0.3 is 4.74 Å². The van der Waals surface area contributed by atoms with Crippen molar-refractivity contribution in [3.05, 3.63) is 59.8 Å². The van der Waals surface area contributed by atoms with Crippen LogP contribution in [0.1, 0.15) is 18.1 Å². The van der Waals surface area contributed by atoms with Crippen molar-refractivity contribution in [1.29, 1.82) is 0 Å². The zero-order valence-electron chi connectivity index (χ0n) is 11.8. The van der Waals surface area contributed by atoms with Gasteiger partial charge in [-0.25, -0.2) is 18.1 Å². The molecule has 1 aromatic heterocycles. The Bertz CT molecular complexity index is 672. The molecular formula is C15H18N2O3S. The van der Waals surface area contributed by atoms with Crippen LogP contribution >= 0.6 is 0 Å². The van der Waals surface area contributed by atoms with Gasteiger partial charge in [0, 0.05) is 18.3 Å². The molecule has 0 amide bonds. The van der Waals surface area contributed by atoms with Gasteiger partial charge in [-0.05, 0) is 18.6 Å². The molecule has 2 aromatic rings. The third kappa shape index (κ3) is 4.84. The molecule has 0 saturated carbocycles. The van der Waals surface area contributed by atoms with E-state index in [-0.39, 0.29) is 12.3 Å². The minimum atomic E-state index is -3.40. The maximum absolute atomic E-state index is 12.1. The summed E-state index contributed by atoms with van der Waals surface area (Å²) in [7, 11) is -3.40. The van der Waals surface area contributed by atoms with E-state index in [9.17, 15) is 8.42 Å². The molecule has 2 rings (SSSR count). The van der Waals surface area contributed by atoms with Crippen molar-refractivity contribution < 1.29 is 13.2 Å². The number of hydrogen-bond donors (Lipinski definition) is 1. The van der Waals surface area contributed by atoms with Gasteiger partial charge in [-0.3, -0.25) is 0 Å². The zero-order chi connectivity index (χ0) is 15.1. The minimum absolute atomic E-state index is 0.0436. The summed E-state index contributed by atoms with van der Waals surface area (Å²) in [4.78, 5) is 4.10. The SMILES string of the molecule is CCOc1ncccc1CNS(=O)(=O)Cc1ccccc1. The summed E-state index contributed by atoms with van der Waals surface area (Å²) in [6.45, 7) is 2.51. The van der Waals surface area contributed by atoms with Gasteiger partial charge in [0.2, 0.25) is 15.9 Å². The van der Waals surface area contributed by atoms with Gasteiger partial charge in [0.25, 0.3) is 0 Å². The molecule has 0 unspecified atom stereocenters. The van der Waals surface area contributed by atoms with Crippen molar-refractivity contribution in [2.24, 2.45) is 0 Å². The number of nitrogens with zero attached hydrogens (tertiary/aromatic N) is 1. The van der Waals surface area contributed by atoms with Crippen LogP contribution < -0.4 is 9.46 Å². The highest BCUT2D eigenvalue weighted by Gasteiger charge is 2.13. The Morgan fingerprint density at radius 1 is 1.14 bits per heavy atom. The third-order valence-electron chi connectivity index (χ3n) is 2.81. The Kier molecular flexibility index (Phi) is 5.30. The first-order valence-electron chi connectivity index (χ1n) is 6.68. The van der Waals surface area contributed by atoms with E-state index in [2.05, 4.69) is 9.71 Å². The fourth-order valence-corrected chi connectivity index (χ4v) is 2.97. The van der Waals surface area contributed by atoms with E-state index in [4.69, 9.17) is 4.74 Å². The fourth-order valence-electron chi connectivity index (χ4n) is 1.86. The first kappa shape index (κ1) is 15.5. The standard InChI is InChI=1S/C15H18N2O3S/c1-2-20-15-14(9-6-10-16-15)11-17-21(18,19)12-13-7-4-3-5-8-13/h3-10,17H,2,11-12H2,1H3. The molecule has 0 radical (unpaired) electrons. The van der Waals surface area contributed by atoms with Gasteiger partial charge in [-0.15, -0.1) is 0 Å². The predicted octanol–water partition coefficient (Wildman–Crippen LogP) is 2.10. The van der Waals surface area contributed by atoms with E-state index in [1.807, 2.05) is 25.1 Å². The molecule has 6 heteroatoms. The lowest BCUT2D eigenvalue weighted by Gasteiger charge is -2.10. The molecule has 112 valence electrons. The number of rotatable bonds is 7. The van der Waals surface area contributed by atoms with E-state index in [1.165, 1.54) is 0 Å². The van der Waals surface area contributed by atoms with E-state index >= 15 is 0 Å². The number of sulfonamides is 1. The molecule has 0 saturated heterocycles. The van der Waals surface area contributed by atoms with Crippen molar-refractivity contribution >= 4 is 10.0 Å². The van der Waals surface area contributed by atoms with Crippen LogP contribution in [0.25, 0.3) is 0 Å². The third-order valence-corrected chi connectivity index (χ3v) is 4.11. The van der Waals surface area contributed by atoms with Crippen LogP contribution in [0.3, 0.4) is 0 Å². The highest BCUT2D eigenvalue weighted by molar-refractivity contribution is 7.88. The van der Waals surface area contributed by atoms with E-state index < -0.39 is 10.0 Å². The molecule has 0 atom stereocenters. The molecule has 1 aromatic carbocycles. The molecule has 0 spiro atoms. The fraction of sp³-hybridized carbons (Fsp3) is 0.267. The lowest BCUT2D eigenvalue weighted by Crippen LogP contribution is -2.25. The van der Waals surface area contributed by atoms with Crippen molar-refractivity contribution in [2.75, 3.05) is 6.61 Å². The molecule has 0 aliphatic heterocycles. The largest absolute Gasteiger partial charge is 0.478 e. The first-order valence-corrected chi connectivity index (χ1v) is 8.34. The topological polar surface area (TPSA) is 68.3 Å². The lowest BCUT2D eigenvalue weighted by molar-refractivity contribution is 0.322. The Morgan fingerprint density at radius 3 is 2.62 bits per heavy atom. The summed E-state index contributed by atoms with van der Waals surface area (Å²) in [5.74, 6) is 0.417. The van der Waals surface area contributed by atoms with E-state index in [0.29, 0.717) is 12.5 Å². The number of aromatic nitrogens is 1. The molecule has 1 N–H and O–H groups in total. The van der Waals surface area contributed by atoms with Crippen molar-refractivity contribution in [2.45, 2.75) is 19.2 Å². The van der Waals surface area contributed by atoms with Gasteiger partial charge in [-0.1, -0.05) is 36.4 Å². The number of ether oxygens (including phenoxy) is 1. The zero-order valence-corrected chi connectivity index (χ0v) is 12.6. The summed E-state index contributed by atoms with van der Waals surface area (Å²) in [5, 5.41) is 0. The molecule has 21 heavy (non-hydrogen) atoms. The summed E-state index contributed by atoms with van der Waals surface area (Å²) in [5.41, 5.74) is 1.47. The minimum Gasteiger partial charge on any atom is -0.478 e. The van der Waals surface area contributed by atoms with Crippen LogP contribution in [0, 0.1) is 0 Å². The van der Waals surface area contributed by atoms with Crippen LogP contribution in [0.15, 0.2) is 48.7 Å². The number of nitrogens with one attached hydrogen (secondary N) is 1. The quantitative estimate of drug-likeness (QED) is 0.850. The Labute approximate surface area is 125 Å². The van der Waals surface area contributed by atoms with Gasteiger partial charge in [0.15, 0.2) is 0 Å². The van der Waals surface area contributed by atoms with E-state index in [0.717, 1.165) is 11.1 Å². The average molecular weight is 306 g/mol. The van der Waals surface area contributed by atoms with Gasteiger partial charge in [0.05, 0.1) is 12.4 Å². The predicted molar refractivity (Wildman–Crippen MR) is 81.3 cm³/mol. The second-order valence-corrected chi connectivity index (χ2v) is 6.27. The summed E-state index contributed by atoms with van der Waals surface area (Å²) < 4.78 is 32.1. The molecular weight excluding hydrogens is 288 g/mol. The van der Waals surface area contributed by atoms with Gasteiger partial charge in [0.1, 0.15) is 0 Å². The smallest absolute Gasteiger partial charge is 0.217 e. The second kappa shape index (κ2) is 7.19. The Morgan fingerprint density at radius 2 is 1.90 bits per heavy atom. The van der Waals surface area contributed by atoms with E-state index in [1.54, 1.807) is 30.5 Å².